The van der Waals surface area contributed by atoms with Crippen LogP contribution in [0, 0.1) is 11.6 Å². The summed E-state index contributed by atoms with van der Waals surface area (Å²) in [6, 6.07) is 12.4. The van der Waals surface area contributed by atoms with E-state index < -0.39 is 17.5 Å². The van der Waals surface area contributed by atoms with Crippen LogP contribution in [0.2, 0.25) is 0 Å². The number of halogens is 2. The molecule has 0 saturated heterocycles. The molecule has 1 aromatic heterocycles. The number of nitrogens with one attached hydrogen (secondary N) is 1. The van der Waals surface area contributed by atoms with E-state index in [2.05, 4.69) is 15.6 Å². The predicted octanol–water partition coefficient (Wildman–Crippen LogP) is 2.86. The summed E-state index contributed by atoms with van der Waals surface area (Å²) in [6.07, 6.45) is 1.44. The number of carbonyl (C=O) groups excluding carboxylic acids is 1. The molecule has 0 spiro atoms. The largest absolute Gasteiger partial charge is 0.318 e. The molecule has 1 heterocycles. The topological polar surface area (TPSA) is 59.8 Å². The zero-order valence-corrected chi connectivity index (χ0v) is 11.9. The van der Waals surface area contributed by atoms with E-state index in [0.29, 0.717) is 6.54 Å². The lowest BCUT2D eigenvalue weighted by atomic mass is 10.2. The normalized spacial score (nSPS) is 10.5. The third-order valence-electron chi connectivity index (χ3n) is 3.14. The quantitative estimate of drug-likeness (QED) is 0.805. The molecule has 0 aliphatic heterocycles. The Balaban J connectivity index is 1.72. The molecule has 23 heavy (non-hydrogen) atoms. The lowest BCUT2D eigenvalue weighted by molar-refractivity contribution is 0.102. The van der Waals surface area contributed by atoms with Crippen LogP contribution in [0.3, 0.4) is 0 Å². The molecule has 0 radical (unpaired) electrons. The Labute approximate surface area is 130 Å². The number of benzene rings is 2. The van der Waals surface area contributed by atoms with Crippen LogP contribution in [0.25, 0.3) is 0 Å². The maximum Gasteiger partial charge on any atom is 0.277 e. The molecule has 0 saturated carbocycles. The summed E-state index contributed by atoms with van der Waals surface area (Å²) < 4.78 is 28.1. The highest BCUT2D eigenvalue weighted by Crippen LogP contribution is 2.16. The zero-order chi connectivity index (χ0) is 16.2. The fraction of sp³-hybridized carbons (Fsp3) is 0.0625. The summed E-state index contributed by atoms with van der Waals surface area (Å²) in [5, 5.41) is 9.87. The Hall–Kier alpha value is -3.09. The van der Waals surface area contributed by atoms with Gasteiger partial charge in [0, 0.05) is 6.07 Å². The van der Waals surface area contributed by atoms with E-state index in [1.807, 2.05) is 30.3 Å². The summed E-state index contributed by atoms with van der Waals surface area (Å²) >= 11 is 0. The first-order chi connectivity index (χ1) is 11.1. The molecule has 7 heteroatoms. The van der Waals surface area contributed by atoms with E-state index in [-0.39, 0.29) is 11.4 Å². The monoisotopic (exact) mass is 314 g/mol. The van der Waals surface area contributed by atoms with Gasteiger partial charge >= 0.3 is 0 Å². The minimum absolute atomic E-state index is 0.0181. The standard InChI is InChI=1S/C16H12F2N4O/c17-12-6-7-13(18)14(8-12)19-16(23)15-10-22(21-20-15)9-11-4-2-1-3-5-11/h1-8,10H,9H2,(H,19,23). The minimum Gasteiger partial charge on any atom is -0.318 e. The van der Waals surface area contributed by atoms with Crippen LogP contribution in [-0.4, -0.2) is 20.9 Å². The second-order valence-electron chi connectivity index (χ2n) is 4.87. The first kappa shape index (κ1) is 14.8. The van der Waals surface area contributed by atoms with Crippen LogP contribution >= 0.6 is 0 Å². The zero-order valence-electron chi connectivity index (χ0n) is 11.9. The molecule has 3 aromatic rings. The fourth-order valence-electron chi connectivity index (χ4n) is 2.03. The maximum atomic E-state index is 13.5. The highest BCUT2D eigenvalue weighted by atomic mass is 19.1. The number of rotatable bonds is 4. The van der Waals surface area contributed by atoms with Crippen molar-refractivity contribution < 1.29 is 13.6 Å². The Morgan fingerprint density at radius 2 is 1.91 bits per heavy atom. The highest BCUT2D eigenvalue weighted by Gasteiger charge is 2.14. The number of hydrogen-bond donors (Lipinski definition) is 1. The minimum atomic E-state index is -0.726. The maximum absolute atomic E-state index is 13.5. The molecule has 116 valence electrons. The molecule has 5 nitrogen and oxygen atoms in total. The number of amides is 1. The average Bonchev–Trinajstić information content (AvgIpc) is 3.00. The van der Waals surface area contributed by atoms with Crippen molar-refractivity contribution in [3.05, 3.63) is 77.6 Å². The van der Waals surface area contributed by atoms with Crippen molar-refractivity contribution in [1.29, 1.82) is 0 Å². The molecular weight excluding hydrogens is 302 g/mol. The van der Waals surface area contributed by atoms with Gasteiger partial charge in [0.05, 0.1) is 18.4 Å². The second-order valence-corrected chi connectivity index (χ2v) is 4.87. The van der Waals surface area contributed by atoms with Gasteiger partial charge in [0.1, 0.15) is 11.6 Å². The van der Waals surface area contributed by atoms with Gasteiger partial charge in [-0.1, -0.05) is 35.5 Å². The van der Waals surface area contributed by atoms with Crippen LogP contribution < -0.4 is 5.32 Å². The first-order valence-corrected chi connectivity index (χ1v) is 6.82. The number of aromatic nitrogens is 3. The molecule has 0 bridgehead atoms. The molecule has 0 aliphatic carbocycles. The van der Waals surface area contributed by atoms with Crippen molar-refractivity contribution in [1.82, 2.24) is 15.0 Å². The van der Waals surface area contributed by atoms with Crippen molar-refractivity contribution >= 4 is 11.6 Å². The molecule has 0 unspecified atom stereocenters. The van der Waals surface area contributed by atoms with E-state index in [1.54, 1.807) is 0 Å². The van der Waals surface area contributed by atoms with E-state index >= 15 is 0 Å². The Morgan fingerprint density at radius 1 is 1.13 bits per heavy atom. The lowest BCUT2D eigenvalue weighted by Gasteiger charge is -2.04. The Morgan fingerprint density at radius 3 is 2.70 bits per heavy atom. The molecule has 0 aliphatic rings. The Bertz CT molecular complexity index is 833. The van der Waals surface area contributed by atoms with E-state index in [1.165, 1.54) is 10.9 Å². The summed E-state index contributed by atoms with van der Waals surface area (Å²) in [4.78, 5) is 12.0. The number of hydrogen-bond acceptors (Lipinski definition) is 3. The van der Waals surface area contributed by atoms with Gasteiger partial charge in [0.15, 0.2) is 5.69 Å². The number of carbonyl (C=O) groups is 1. The van der Waals surface area contributed by atoms with Crippen LogP contribution in [0.5, 0.6) is 0 Å². The van der Waals surface area contributed by atoms with Crippen LogP contribution in [0.1, 0.15) is 16.1 Å². The molecule has 3 rings (SSSR count). The number of nitrogens with zero attached hydrogens (tertiary/aromatic N) is 3. The van der Waals surface area contributed by atoms with Gasteiger partial charge in [-0.2, -0.15) is 0 Å². The van der Waals surface area contributed by atoms with Gasteiger partial charge in [0.2, 0.25) is 0 Å². The van der Waals surface area contributed by atoms with Crippen molar-refractivity contribution in [2.75, 3.05) is 5.32 Å². The summed E-state index contributed by atoms with van der Waals surface area (Å²) in [5.41, 5.74) is 0.776. The predicted molar refractivity (Wildman–Crippen MR) is 79.9 cm³/mol. The van der Waals surface area contributed by atoms with Gasteiger partial charge in [-0.3, -0.25) is 4.79 Å². The SMILES string of the molecule is O=C(Nc1cc(F)ccc1F)c1cn(Cc2ccccc2)nn1. The summed E-state index contributed by atoms with van der Waals surface area (Å²) in [5.74, 6) is -2.03. The van der Waals surface area contributed by atoms with E-state index in [9.17, 15) is 13.6 Å². The molecule has 0 fully saturated rings. The molecule has 1 amide bonds. The van der Waals surface area contributed by atoms with Gasteiger partial charge in [-0.05, 0) is 17.7 Å². The smallest absolute Gasteiger partial charge is 0.277 e. The van der Waals surface area contributed by atoms with Gasteiger partial charge in [-0.15, -0.1) is 5.10 Å². The second kappa shape index (κ2) is 6.35. The van der Waals surface area contributed by atoms with Crippen molar-refractivity contribution in [2.24, 2.45) is 0 Å². The van der Waals surface area contributed by atoms with E-state index in [0.717, 1.165) is 23.8 Å². The molecular formula is C16H12F2N4O. The van der Waals surface area contributed by atoms with Crippen molar-refractivity contribution in [3.8, 4) is 0 Å². The van der Waals surface area contributed by atoms with Gasteiger partial charge in [-0.25, -0.2) is 13.5 Å². The molecule has 0 atom stereocenters. The third-order valence-corrected chi connectivity index (χ3v) is 3.14. The first-order valence-electron chi connectivity index (χ1n) is 6.82. The highest BCUT2D eigenvalue weighted by molar-refractivity contribution is 6.02. The van der Waals surface area contributed by atoms with Gasteiger partial charge in [0.25, 0.3) is 5.91 Å². The van der Waals surface area contributed by atoms with Crippen molar-refractivity contribution in [3.63, 3.8) is 0 Å². The summed E-state index contributed by atoms with van der Waals surface area (Å²) in [7, 11) is 0. The van der Waals surface area contributed by atoms with Crippen molar-refractivity contribution in [2.45, 2.75) is 6.54 Å². The summed E-state index contributed by atoms with van der Waals surface area (Å²) in [6.45, 7) is 0.454. The average molecular weight is 314 g/mol. The third kappa shape index (κ3) is 3.57. The Kier molecular flexibility index (Phi) is 4.09. The van der Waals surface area contributed by atoms with Gasteiger partial charge < -0.3 is 5.32 Å². The fourth-order valence-corrected chi connectivity index (χ4v) is 2.03. The molecule has 1 N–H and O–H groups in total. The lowest BCUT2D eigenvalue weighted by Crippen LogP contribution is -2.13. The molecule has 2 aromatic carbocycles. The van der Waals surface area contributed by atoms with Crippen LogP contribution in [-0.2, 0) is 6.54 Å². The van der Waals surface area contributed by atoms with Crippen LogP contribution in [0.15, 0.2) is 54.7 Å². The number of anilines is 1. The van der Waals surface area contributed by atoms with E-state index in [4.69, 9.17) is 0 Å². The van der Waals surface area contributed by atoms with Crippen LogP contribution in [0.4, 0.5) is 14.5 Å².